The van der Waals surface area contributed by atoms with E-state index in [-0.39, 0.29) is 0 Å². The lowest BCUT2D eigenvalue weighted by molar-refractivity contribution is 1.24. The molecule has 1 aliphatic rings. The van der Waals surface area contributed by atoms with Crippen molar-refractivity contribution in [1.29, 1.82) is 0 Å². The fourth-order valence-corrected chi connectivity index (χ4v) is 9.38. The number of benzene rings is 6. The summed E-state index contributed by atoms with van der Waals surface area (Å²) in [5, 5.41) is 11.7. The van der Waals surface area contributed by atoms with E-state index in [2.05, 4.69) is 110 Å². The largest absolute Gasteiger partial charge is 0.0501 e. The van der Waals surface area contributed by atoms with Crippen LogP contribution in [0.2, 0.25) is 0 Å². The molecule has 0 aromatic heterocycles. The quantitative estimate of drug-likeness (QED) is 0.161. The summed E-state index contributed by atoms with van der Waals surface area (Å²) < 4.78 is 0. The number of hydrogen-bond donors (Lipinski definition) is 0. The van der Waals surface area contributed by atoms with Gasteiger partial charge in [-0.3, -0.25) is 0 Å². The van der Waals surface area contributed by atoms with Crippen molar-refractivity contribution in [2.45, 2.75) is 104 Å². The Morgan fingerprint density at radius 3 is 1.05 bits per heavy atom. The maximum atomic E-state index is 2.52. The first-order chi connectivity index (χ1) is 20.1. The van der Waals surface area contributed by atoms with Gasteiger partial charge in [-0.2, -0.15) is 0 Å². The predicted octanol–water partition coefficient (Wildman–Crippen LogP) is 12.6. The number of rotatable bonds is 0. The van der Waals surface area contributed by atoms with Crippen LogP contribution in [0.5, 0.6) is 0 Å². The summed E-state index contributed by atoms with van der Waals surface area (Å²) in [6.45, 7) is 35.3. The second kappa shape index (κ2) is 8.72. The molecule has 0 nitrogen and oxygen atoms in total. The lowest BCUT2D eigenvalue weighted by Crippen LogP contribution is -2.01. The fourth-order valence-electron chi connectivity index (χ4n) is 9.38. The third-order valence-corrected chi connectivity index (χ3v) is 12.5. The molecular formula is C43H46. The summed E-state index contributed by atoms with van der Waals surface area (Å²) in [5.41, 5.74) is 27.5. The van der Waals surface area contributed by atoms with E-state index in [9.17, 15) is 0 Å². The van der Waals surface area contributed by atoms with Crippen molar-refractivity contribution >= 4 is 43.1 Å². The van der Waals surface area contributed by atoms with E-state index in [1.165, 1.54) is 149 Å². The van der Waals surface area contributed by atoms with E-state index in [0.717, 1.165) is 0 Å². The molecule has 7 rings (SSSR count). The summed E-state index contributed by atoms with van der Waals surface area (Å²) in [4.78, 5) is 0. The first-order valence-corrected chi connectivity index (χ1v) is 16.1. The van der Waals surface area contributed by atoms with Gasteiger partial charge in [0.15, 0.2) is 0 Å². The van der Waals surface area contributed by atoms with Crippen LogP contribution >= 0.6 is 0 Å². The maximum absolute atomic E-state index is 2.52. The highest BCUT2D eigenvalue weighted by Gasteiger charge is 2.34. The third-order valence-electron chi connectivity index (χ3n) is 12.5. The van der Waals surface area contributed by atoms with E-state index in [4.69, 9.17) is 0 Å². The predicted molar refractivity (Wildman–Crippen MR) is 192 cm³/mol. The Hall–Kier alpha value is -3.64. The molecule has 0 saturated heterocycles. The van der Waals surface area contributed by atoms with E-state index >= 15 is 0 Å². The Morgan fingerprint density at radius 1 is 0.233 bits per heavy atom. The molecule has 0 N–H and O–H groups in total. The average Bonchev–Trinajstić information content (AvgIpc) is 3.33. The molecule has 0 spiro atoms. The smallest absolute Gasteiger partial charge is 0.00115 e. The van der Waals surface area contributed by atoms with Crippen LogP contribution in [0.3, 0.4) is 0 Å². The zero-order valence-electron chi connectivity index (χ0n) is 29.1. The summed E-state index contributed by atoms with van der Waals surface area (Å²) in [6.07, 6.45) is 0. The molecule has 0 bridgehead atoms. The topological polar surface area (TPSA) is 0 Å². The second-order valence-corrected chi connectivity index (χ2v) is 14.1. The van der Waals surface area contributed by atoms with Gasteiger partial charge in [0.2, 0.25) is 0 Å². The van der Waals surface area contributed by atoms with Crippen LogP contribution in [0.1, 0.15) is 83.5 Å². The molecule has 6 aromatic carbocycles. The third kappa shape index (κ3) is 3.08. The van der Waals surface area contributed by atoms with Crippen molar-refractivity contribution in [3.05, 3.63) is 89.5 Å². The van der Waals surface area contributed by atoms with Crippen LogP contribution in [0.4, 0.5) is 0 Å². The van der Waals surface area contributed by atoms with Gasteiger partial charge in [0.25, 0.3) is 0 Å². The van der Waals surface area contributed by atoms with Gasteiger partial charge in [-0.1, -0.05) is 6.07 Å². The Kier molecular flexibility index (Phi) is 5.71. The highest BCUT2D eigenvalue weighted by Crippen LogP contribution is 2.59. The Bertz CT molecular complexity index is 2350. The Morgan fingerprint density at radius 2 is 0.558 bits per heavy atom. The van der Waals surface area contributed by atoms with Crippen LogP contribution in [-0.4, -0.2) is 0 Å². The minimum absolute atomic E-state index is 1.39. The number of fused-ring (bicyclic) bond motifs is 8. The van der Waals surface area contributed by atoms with Crippen LogP contribution in [0, 0.1) is 104 Å². The molecule has 6 aromatic rings. The van der Waals surface area contributed by atoms with Gasteiger partial charge in [-0.15, -0.1) is 0 Å². The normalized spacial score (nSPS) is 12.5. The van der Waals surface area contributed by atoms with Crippen molar-refractivity contribution in [1.82, 2.24) is 0 Å². The fraction of sp³-hybridized carbons (Fsp3) is 0.349. The lowest BCUT2D eigenvalue weighted by atomic mass is 9.80. The standard InChI is InChI=1S/C43H46/c1-17-16-32-36-26(10)22(6)28(12)39-40-29(13)34-24(8)19(3)20(4)25(9)35(34)30(14)41(40)42(43(36)39)31(15)37(32)38-27(11)21(5)18(2)23(7)33(17)38/h16H,1-15H3. The SMILES string of the molecule is Cc1c(C)c(C)c2c(C)c3c(c(C)c2c1C)-c1c(C)c(C)c(C)c2c1c-3c(C)c1c2cc(C)c2c(C)c(C)c(C)c(C)c21. The highest BCUT2D eigenvalue weighted by molar-refractivity contribution is 6.32. The van der Waals surface area contributed by atoms with Gasteiger partial charge < -0.3 is 0 Å². The van der Waals surface area contributed by atoms with Crippen LogP contribution < -0.4 is 0 Å². The van der Waals surface area contributed by atoms with Crippen molar-refractivity contribution < 1.29 is 0 Å². The van der Waals surface area contributed by atoms with Crippen molar-refractivity contribution in [3.63, 3.8) is 0 Å². The second-order valence-electron chi connectivity index (χ2n) is 14.1. The summed E-state index contributed by atoms with van der Waals surface area (Å²) in [6, 6.07) is 2.52. The van der Waals surface area contributed by atoms with Gasteiger partial charge in [0.05, 0.1) is 0 Å². The molecule has 0 heteroatoms. The van der Waals surface area contributed by atoms with Gasteiger partial charge in [-0.25, -0.2) is 0 Å². The molecule has 1 aliphatic carbocycles. The first-order valence-electron chi connectivity index (χ1n) is 16.1. The summed E-state index contributed by atoms with van der Waals surface area (Å²) in [5.74, 6) is 0. The molecule has 0 radical (unpaired) electrons. The molecule has 218 valence electrons. The summed E-state index contributed by atoms with van der Waals surface area (Å²) in [7, 11) is 0. The van der Waals surface area contributed by atoms with E-state index in [1.807, 2.05) is 0 Å². The lowest BCUT2D eigenvalue weighted by Gasteiger charge is -2.23. The Balaban J connectivity index is 1.88. The minimum atomic E-state index is 1.39. The zero-order chi connectivity index (χ0) is 31.3. The summed E-state index contributed by atoms with van der Waals surface area (Å²) >= 11 is 0. The van der Waals surface area contributed by atoms with Crippen LogP contribution in [0.25, 0.3) is 65.3 Å². The van der Waals surface area contributed by atoms with Crippen LogP contribution in [-0.2, 0) is 0 Å². The van der Waals surface area contributed by atoms with Crippen molar-refractivity contribution in [3.8, 4) is 22.3 Å². The van der Waals surface area contributed by atoms with E-state index in [0.29, 0.717) is 0 Å². The first kappa shape index (κ1) is 28.1. The molecule has 0 atom stereocenters. The minimum Gasteiger partial charge on any atom is -0.0501 e. The zero-order valence-corrected chi connectivity index (χ0v) is 29.1. The maximum Gasteiger partial charge on any atom is -0.00115 e. The average molecular weight is 563 g/mol. The molecule has 43 heavy (non-hydrogen) atoms. The van der Waals surface area contributed by atoms with Gasteiger partial charge >= 0.3 is 0 Å². The molecule has 0 heterocycles. The number of hydrogen-bond acceptors (Lipinski definition) is 0. The van der Waals surface area contributed by atoms with Crippen LogP contribution in [0.15, 0.2) is 6.07 Å². The van der Waals surface area contributed by atoms with Crippen molar-refractivity contribution in [2.75, 3.05) is 0 Å². The van der Waals surface area contributed by atoms with Gasteiger partial charge in [0, 0.05) is 0 Å². The van der Waals surface area contributed by atoms with Gasteiger partial charge in [0.1, 0.15) is 0 Å². The molecule has 0 amide bonds. The molecular weight excluding hydrogens is 516 g/mol. The van der Waals surface area contributed by atoms with E-state index < -0.39 is 0 Å². The van der Waals surface area contributed by atoms with Gasteiger partial charge in [-0.05, 0) is 253 Å². The number of aryl methyl sites for hydroxylation is 9. The highest BCUT2D eigenvalue weighted by atomic mass is 14.4. The van der Waals surface area contributed by atoms with Crippen molar-refractivity contribution in [2.24, 2.45) is 0 Å². The molecule has 0 saturated carbocycles. The molecule has 0 aliphatic heterocycles. The van der Waals surface area contributed by atoms with E-state index in [1.54, 1.807) is 0 Å². The Labute approximate surface area is 258 Å². The monoisotopic (exact) mass is 562 g/mol. The molecule has 0 fully saturated rings. The molecule has 0 unspecified atom stereocenters.